The molecule has 158 valence electrons. The highest BCUT2D eigenvalue weighted by atomic mass is 32.1. The zero-order chi connectivity index (χ0) is 22.0. The van der Waals surface area contributed by atoms with Crippen molar-refractivity contribution in [1.29, 1.82) is 0 Å². The van der Waals surface area contributed by atoms with E-state index in [9.17, 15) is 4.79 Å². The van der Waals surface area contributed by atoms with E-state index in [2.05, 4.69) is 24.0 Å². The molecule has 2 aromatic carbocycles. The lowest BCUT2D eigenvalue weighted by Gasteiger charge is -2.21. The number of methoxy groups -OCH3 is 2. The Morgan fingerprint density at radius 1 is 1.06 bits per heavy atom. The minimum atomic E-state index is -0.227. The van der Waals surface area contributed by atoms with Crippen LogP contribution in [0.3, 0.4) is 0 Å². The number of hydrogen-bond acceptors (Lipinski definition) is 6. The molecule has 0 aliphatic rings. The average molecular weight is 434 g/mol. The van der Waals surface area contributed by atoms with Gasteiger partial charge in [-0.15, -0.1) is 0 Å². The molecule has 1 amide bonds. The van der Waals surface area contributed by atoms with Crippen LogP contribution in [0, 0.1) is 13.8 Å². The van der Waals surface area contributed by atoms with Crippen LogP contribution in [-0.4, -0.2) is 30.1 Å². The van der Waals surface area contributed by atoms with E-state index in [1.165, 1.54) is 11.3 Å². The molecule has 0 bridgehead atoms. The zero-order valence-corrected chi connectivity index (χ0v) is 18.7. The Kier molecular flexibility index (Phi) is 5.86. The highest BCUT2D eigenvalue weighted by molar-refractivity contribution is 7.22. The van der Waals surface area contributed by atoms with E-state index in [1.807, 2.05) is 25.1 Å². The Balaban J connectivity index is 1.84. The van der Waals surface area contributed by atoms with Crippen molar-refractivity contribution < 1.29 is 14.3 Å². The lowest BCUT2D eigenvalue weighted by atomic mass is 10.1. The summed E-state index contributed by atoms with van der Waals surface area (Å²) in [5.41, 5.74) is 4.33. The molecule has 0 aliphatic heterocycles. The number of carbonyl (C=O) groups is 1. The van der Waals surface area contributed by atoms with Crippen molar-refractivity contribution in [2.45, 2.75) is 20.4 Å². The Hall–Kier alpha value is -3.45. The molecule has 6 nitrogen and oxygen atoms in total. The third kappa shape index (κ3) is 4.22. The molecule has 0 N–H and O–H groups in total. The number of thiazole rings is 1. The first-order valence-corrected chi connectivity index (χ1v) is 10.6. The first-order chi connectivity index (χ1) is 15.0. The second-order valence-corrected chi connectivity index (χ2v) is 8.21. The molecule has 0 unspecified atom stereocenters. The molecule has 0 atom stereocenters. The van der Waals surface area contributed by atoms with E-state index in [4.69, 9.17) is 14.5 Å². The summed E-state index contributed by atoms with van der Waals surface area (Å²) >= 11 is 1.49. The van der Waals surface area contributed by atoms with Gasteiger partial charge in [0.25, 0.3) is 5.91 Å². The number of amides is 1. The molecule has 2 aromatic heterocycles. The maximum atomic E-state index is 13.8. The topological polar surface area (TPSA) is 64.6 Å². The van der Waals surface area contributed by atoms with Gasteiger partial charge in [0.15, 0.2) is 5.13 Å². The van der Waals surface area contributed by atoms with Crippen molar-refractivity contribution in [3.8, 4) is 11.5 Å². The second kappa shape index (κ2) is 8.73. The summed E-state index contributed by atoms with van der Waals surface area (Å²) in [6, 6.07) is 15.0. The molecule has 0 saturated carbocycles. The van der Waals surface area contributed by atoms with Crippen LogP contribution >= 0.6 is 11.3 Å². The predicted octanol–water partition coefficient (Wildman–Crippen LogP) is 5.17. The summed E-state index contributed by atoms with van der Waals surface area (Å²) in [5.74, 6) is 0.831. The number of carbonyl (C=O) groups excluding carboxylic acids is 1. The monoisotopic (exact) mass is 433 g/mol. The quantitative estimate of drug-likeness (QED) is 0.420. The standard InChI is InChI=1S/C24H23N3O3S/c1-15-11-16(2)22-21(12-15)31-24(26-22)27(14-17-7-5-6-10-25-17)23(28)19-13-18(29-3)8-9-20(19)30-4/h5-13H,14H2,1-4H3. The Morgan fingerprint density at radius 3 is 2.61 bits per heavy atom. The van der Waals surface area contributed by atoms with Gasteiger partial charge in [0, 0.05) is 6.20 Å². The predicted molar refractivity (Wildman–Crippen MR) is 123 cm³/mol. The molecule has 0 fully saturated rings. The van der Waals surface area contributed by atoms with Crippen LogP contribution < -0.4 is 14.4 Å². The van der Waals surface area contributed by atoms with Crippen LogP contribution in [0.1, 0.15) is 27.2 Å². The van der Waals surface area contributed by atoms with Crippen molar-refractivity contribution in [3.63, 3.8) is 0 Å². The van der Waals surface area contributed by atoms with E-state index in [-0.39, 0.29) is 12.5 Å². The fourth-order valence-electron chi connectivity index (χ4n) is 3.48. The normalized spacial score (nSPS) is 10.8. The van der Waals surface area contributed by atoms with Crippen LogP contribution in [0.25, 0.3) is 10.2 Å². The van der Waals surface area contributed by atoms with Crippen LogP contribution in [0.2, 0.25) is 0 Å². The molecular formula is C24H23N3O3S. The number of pyridine rings is 1. The fourth-order valence-corrected chi connectivity index (χ4v) is 4.62. The van der Waals surface area contributed by atoms with Crippen molar-refractivity contribution in [3.05, 3.63) is 77.1 Å². The van der Waals surface area contributed by atoms with E-state index in [0.29, 0.717) is 22.2 Å². The first kappa shape index (κ1) is 20.8. The smallest absolute Gasteiger partial charge is 0.264 e. The lowest BCUT2D eigenvalue weighted by molar-refractivity contribution is 0.0981. The summed E-state index contributed by atoms with van der Waals surface area (Å²) in [6.45, 7) is 4.39. The SMILES string of the molecule is COc1ccc(OC)c(C(=O)N(Cc2ccccn2)c2nc3c(C)cc(C)cc3s2)c1. The average Bonchev–Trinajstić information content (AvgIpc) is 3.21. The van der Waals surface area contributed by atoms with Crippen molar-refractivity contribution in [2.24, 2.45) is 0 Å². The maximum absolute atomic E-state index is 13.8. The van der Waals surface area contributed by atoms with Crippen molar-refractivity contribution in [2.75, 3.05) is 19.1 Å². The molecule has 0 radical (unpaired) electrons. The van der Waals surface area contributed by atoms with Gasteiger partial charge in [-0.2, -0.15) is 0 Å². The molecule has 2 heterocycles. The lowest BCUT2D eigenvalue weighted by Crippen LogP contribution is -2.31. The molecule has 0 aliphatic carbocycles. The highest BCUT2D eigenvalue weighted by Crippen LogP contribution is 2.34. The fraction of sp³-hybridized carbons (Fsp3) is 0.208. The highest BCUT2D eigenvalue weighted by Gasteiger charge is 2.25. The molecule has 4 rings (SSSR count). The summed E-state index contributed by atoms with van der Waals surface area (Å²) in [7, 11) is 3.12. The molecule has 0 saturated heterocycles. The largest absolute Gasteiger partial charge is 0.497 e. The molecule has 31 heavy (non-hydrogen) atoms. The van der Waals surface area contributed by atoms with Gasteiger partial charge in [0.05, 0.1) is 42.2 Å². The number of rotatable bonds is 6. The Labute approximate surface area is 185 Å². The molecular weight excluding hydrogens is 410 g/mol. The number of ether oxygens (including phenoxy) is 2. The molecule has 0 spiro atoms. The van der Waals surface area contributed by atoms with Gasteiger partial charge in [-0.1, -0.05) is 23.5 Å². The summed E-state index contributed by atoms with van der Waals surface area (Å²) in [5, 5.41) is 0.615. The Morgan fingerprint density at radius 2 is 1.90 bits per heavy atom. The van der Waals surface area contributed by atoms with Crippen LogP contribution in [0.5, 0.6) is 11.5 Å². The number of benzene rings is 2. The number of hydrogen-bond donors (Lipinski definition) is 0. The van der Waals surface area contributed by atoms with Gasteiger partial charge in [0.1, 0.15) is 11.5 Å². The van der Waals surface area contributed by atoms with Gasteiger partial charge in [-0.25, -0.2) is 4.98 Å². The summed E-state index contributed by atoms with van der Waals surface area (Å²) < 4.78 is 11.8. The van der Waals surface area contributed by atoms with Gasteiger partial charge < -0.3 is 9.47 Å². The second-order valence-electron chi connectivity index (χ2n) is 7.20. The first-order valence-electron chi connectivity index (χ1n) is 9.81. The van der Waals surface area contributed by atoms with Crippen LogP contribution in [0.4, 0.5) is 5.13 Å². The van der Waals surface area contributed by atoms with E-state index in [0.717, 1.165) is 27.0 Å². The van der Waals surface area contributed by atoms with E-state index in [1.54, 1.807) is 43.5 Å². The molecule has 7 heteroatoms. The number of aromatic nitrogens is 2. The van der Waals surface area contributed by atoms with Gasteiger partial charge in [-0.05, 0) is 61.4 Å². The zero-order valence-electron chi connectivity index (χ0n) is 17.9. The maximum Gasteiger partial charge on any atom is 0.264 e. The number of aryl methyl sites for hydroxylation is 2. The minimum Gasteiger partial charge on any atom is -0.497 e. The van der Waals surface area contributed by atoms with E-state index >= 15 is 0 Å². The number of fused-ring (bicyclic) bond motifs is 1. The third-order valence-electron chi connectivity index (χ3n) is 4.98. The number of anilines is 1. The van der Waals surface area contributed by atoms with Crippen molar-refractivity contribution >= 4 is 32.6 Å². The molecule has 4 aromatic rings. The van der Waals surface area contributed by atoms with Gasteiger partial charge >= 0.3 is 0 Å². The summed E-state index contributed by atoms with van der Waals surface area (Å²) in [6.07, 6.45) is 1.72. The third-order valence-corrected chi connectivity index (χ3v) is 6.00. The van der Waals surface area contributed by atoms with Crippen LogP contribution in [0.15, 0.2) is 54.7 Å². The van der Waals surface area contributed by atoms with Crippen LogP contribution in [-0.2, 0) is 6.54 Å². The van der Waals surface area contributed by atoms with Gasteiger partial charge in [0.2, 0.25) is 0 Å². The van der Waals surface area contributed by atoms with Crippen molar-refractivity contribution in [1.82, 2.24) is 9.97 Å². The van der Waals surface area contributed by atoms with Gasteiger partial charge in [-0.3, -0.25) is 14.7 Å². The summed E-state index contributed by atoms with van der Waals surface area (Å²) in [4.78, 5) is 24.6. The minimum absolute atomic E-state index is 0.227. The van der Waals surface area contributed by atoms with E-state index < -0.39 is 0 Å². The Bertz CT molecular complexity index is 1240. The number of nitrogens with zero attached hydrogens (tertiary/aromatic N) is 3.